The van der Waals surface area contributed by atoms with Crippen LogP contribution in [0.4, 0.5) is 4.39 Å². The molecular formula is C13H17BrFNO2. The molecule has 3 nitrogen and oxygen atoms in total. The van der Waals surface area contributed by atoms with Crippen LogP contribution in [0.1, 0.15) is 30.1 Å². The van der Waals surface area contributed by atoms with Gasteiger partial charge in [-0.3, -0.25) is 4.79 Å². The molecule has 0 fully saturated rings. The lowest BCUT2D eigenvalue weighted by Gasteiger charge is -2.09. The van der Waals surface area contributed by atoms with Crippen LogP contribution in [0, 0.1) is 5.82 Å². The summed E-state index contributed by atoms with van der Waals surface area (Å²) in [5, 5.41) is 2.69. The molecule has 0 heterocycles. The van der Waals surface area contributed by atoms with E-state index in [9.17, 15) is 9.18 Å². The molecular weight excluding hydrogens is 301 g/mol. The number of hydrogen-bond donors (Lipinski definition) is 1. The Hall–Kier alpha value is -1.10. The van der Waals surface area contributed by atoms with Crippen LogP contribution in [-0.2, 0) is 0 Å². The fourth-order valence-corrected chi connectivity index (χ4v) is 1.68. The summed E-state index contributed by atoms with van der Waals surface area (Å²) in [5.41, 5.74) is 0.0402. The van der Waals surface area contributed by atoms with Gasteiger partial charge in [0.25, 0.3) is 5.91 Å². The maximum absolute atomic E-state index is 13.6. The molecule has 0 aliphatic heterocycles. The van der Waals surface area contributed by atoms with Crippen LogP contribution in [0.5, 0.6) is 5.75 Å². The molecule has 0 spiro atoms. The molecule has 1 rings (SSSR count). The maximum Gasteiger partial charge on any atom is 0.254 e. The molecule has 0 aliphatic carbocycles. The first kappa shape index (κ1) is 15.0. The molecule has 1 aromatic rings. The summed E-state index contributed by atoms with van der Waals surface area (Å²) in [6.45, 7) is 2.58. The van der Waals surface area contributed by atoms with E-state index in [2.05, 4.69) is 28.2 Å². The lowest BCUT2D eigenvalue weighted by Crippen LogP contribution is -2.26. The average molecular weight is 318 g/mol. The quantitative estimate of drug-likeness (QED) is 0.819. The fraction of sp³-hybridized carbons (Fsp3) is 0.462. The molecule has 5 heteroatoms. The largest absolute Gasteiger partial charge is 0.497 e. The Kier molecular flexibility index (Phi) is 6.12. The predicted molar refractivity (Wildman–Crippen MR) is 72.9 cm³/mol. The number of methoxy groups -OCH3 is 1. The molecule has 1 atom stereocenters. The molecule has 0 aromatic heterocycles. The highest BCUT2D eigenvalue weighted by Gasteiger charge is 2.12. The van der Waals surface area contributed by atoms with E-state index in [0.717, 1.165) is 12.8 Å². The zero-order valence-corrected chi connectivity index (χ0v) is 12.1. The van der Waals surface area contributed by atoms with Gasteiger partial charge in [-0.15, -0.1) is 0 Å². The minimum absolute atomic E-state index is 0.0402. The molecule has 0 bridgehead atoms. The summed E-state index contributed by atoms with van der Waals surface area (Å²) in [4.78, 5) is 12.1. The number of nitrogens with one attached hydrogen (secondary N) is 1. The van der Waals surface area contributed by atoms with E-state index in [-0.39, 0.29) is 5.56 Å². The summed E-state index contributed by atoms with van der Waals surface area (Å²) in [6.07, 6.45) is 1.81. The third-order valence-corrected chi connectivity index (χ3v) is 3.71. The van der Waals surface area contributed by atoms with Crippen LogP contribution < -0.4 is 10.1 Å². The topological polar surface area (TPSA) is 38.3 Å². The SMILES string of the molecule is CCC(Br)CCNC(=O)c1ccc(OC)cc1F. The lowest BCUT2D eigenvalue weighted by molar-refractivity contribution is 0.0949. The number of ether oxygens (including phenoxy) is 1. The summed E-state index contributed by atoms with van der Waals surface area (Å²) in [5.74, 6) is -0.570. The van der Waals surface area contributed by atoms with Crippen molar-refractivity contribution >= 4 is 21.8 Å². The van der Waals surface area contributed by atoms with Gasteiger partial charge in [-0.1, -0.05) is 22.9 Å². The molecule has 0 saturated carbocycles. The molecule has 0 saturated heterocycles. The standard InChI is InChI=1S/C13H17BrFNO2/c1-3-9(14)6-7-16-13(17)11-5-4-10(18-2)8-12(11)15/h4-5,8-9H,3,6-7H2,1-2H3,(H,16,17). The van der Waals surface area contributed by atoms with Gasteiger partial charge in [0.1, 0.15) is 11.6 Å². The Labute approximate surface area is 115 Å². The number of carbonyl (C=O) groups is 1. The fourth-order valence-electron chi connectivity index (χ4n) is 1.45. The number of amides is 1. The van der Waals surface area contributed by atoms with Crippen molar-refractivity contribution in [1.29, 1.82) is 0 Å². The van der Waals surface area contributed by atoms with Crippen LogP contribution in [0.25, 0.3) is 0 Å². The zero-order valence-electron chi connectivity index (χ0n) is 10.5. The summed E-state index contributed by atoms with van der Waals surface area (Å²) >= 11 is 3.47. The van der Waals surface area contributed by atoms with Crippen molar-refractivity contribution in [3.8, 4) is 5.75 Å². The highest BCUT2D eigenvalue weighted by Crippen LogP contribution is 2.16. The van der Waals surface area contributed by atoms with Crippen LogP contribution in [0.2, 0.25) is 0 Å². The van der Waals surface area contributed by atoms with Crippen LogP contribution in [0.15, 0.2) is 18.2 Å². The molecule has 18 heavy (non-hydrogen) atoms. The first-order valence-electron chi connectivity index (χ1n) is 5.84. The van der Waals surface area contributed by atoms with Crippen molar-refractivity contribution in [3.63, 3.8) is 0 Å². The number of benzene rings is 1. The summed E-state index contributed by atoms with van der Waals surface area (Å²) < 4.78 is 18.5. The van der Waals surface area contributed by atoms with Crippen molar-refractivity contribution < 1.29 is 13.9 Å². The second kappa shape index (κ2) is 7.36. The highest BCUT2D eigenvalue weighted by molar-refractivity contribution is 9.09. The minimum Gasteiger partial charge on any atom is -0.497 e. The van der Waals surface area contributed by atoms with E-state index in [1.165, 1.54) is 19.2 Å². The van der Waals surface area contributed by atoms with Gasteiger partial charge in [0.15, 0.2) is 0 Å². The second-order valence-corrected chi connectivity index (χ2v) is 5.19. The maximum atomic E-state index is 13.6. The number of hydrogen-bond acceptors (Lipinski definition) is 2. The summed E-state index contributed by atoms with van der Waals surface area (Å²) in [6, 6.07) is 4.19. The molecule has 1 N–H and O–H groups in total. The molecule has 1 aromatic carbocycles. The third kappa shape index (κ3) is 4.29. The Morgan fingerprint density at radius 3 is 2.83 bits per heavy atom. The minimum atomic E-state index is -0.572. The first-order chi connectivity index (χ1) is 8.58. The Morgan fingerprint density at radius 1 is 1.56 bits per heavy atom. The molecule has 0 aliphatic rings. The van der Waals surface area contributed by atoms with Crippen molar-refractivity contribution in [1.82, 2.24) is 5.32 Å². The van der Waals surface area contributed by atoms with E-state index >= 15 is 0 Å². The second-order valence-electron chi connectivity index (χ2n) is 3.90. The van der Waals surface area contributed by atoms with Gasteiger partial charge in [0, 0.05) is 17.4 Å². The van der Waals surface area contributed by atoms with Crippen LogP contribution >= 0.6 is 15.9 Å². The molecule has 0 radical (unpaired) electrons. The molecule has 100 valence electrons. The predicted octanol–water partition coefficient (Wildman–Crippen LogP) is 3.13. The van der Waals surface area contributed by atoms with Crippen LogP contribution in [0.3, 0.4) is 0 Å². The summed E-state index contributed by atoms with van der Waals surface area (Å²) in [7, 11) is 1.45. The molecule has 1 unspecified atom stereocenters. The van der Waals surface area contributed by atoms with Crippen molar-refractivity contribution in [2.45, 2.75) is 24.6 Å². The van der Waals surface area contributed by atoms with E-state index in [4.69, 9.17) is 4.74 Å². The van der Waals surface area contributed by atoms with Gasteiger partial charge in [-0.05, 0) is 25.0 Å². The van der Waals surface area contributed by atoms with E-state index < -0.39 is 11.7 Å². The Balaban J connectivity index is 2.56. The van der Waals surface area contributed by atoms with Gasteiger partial charge in [0.05, 0.1) is 12.7 Å². The average Bonchev–Trinajstić information content (AvgIpc) is 2.37. The lowest BCUT2D eigenvalue weighted by atomic mass is 10.2. The van der Waals surface area contributed by atoms with Crippen molar-refractivity contribution in [2.75, 3.05) is 13.7 Å². The first-order valence-corrected chi connectivity index (χ1v) is 6.75. The number of alkyl halides is 1. The Morgan fingerprint density at radius 2 is 2.28 bits per heavy atom. The van der Waals surface area contributed by atoms with Gasteiger partial charge in [0.2, 0.25) is 0 Å². The smallest absolute Gasteiger partial charge is 0.254 e. The third-order valence-electron chi connectivity index (χ3n) is 2.61. The van der Waals surface area contributed by atoms with Crippen molar-refractivity contribution in [3.05, 3.63) is 29.6 Å². The van der Waals surface area contributed by atoms with Gasteiger partial charge in [-0.2, -0.15) is 0 Å². The van der Waals surface area contributed by atoms with E-state index in [1.807, 2.05) is 0 Å². The van der Waals surface area contributed by atoms with Gasteiger partial charge >= 0.3 is 0 Å². The van der Waals surface area contributed by atoms with Gasteiger partial charge in [-0.25, -0.2) is 4.39 Å². The van der Waals surface area contributed by atoms with E-state index in [0.29, 0.717) is 17.1 Å². The Bertz CT molecular complexity index is 412. The van der Waals surface area contributed by atoms with Gasteiger partial charge < -0.3 is 10.1 Å². The number of carbonyl (C=O) groups excluding carboxylic acids is 1. The highest BCUT2D eigenvalue weighted by atomic mass is 79.9. The number of halogens is 2. The zero-order chi connectivity index (χ0) is 13.5. The normalized spacial score (nSPS) is 12.0. The van der Waals surface area contributed by atoms with E-state index in [1.54, 1.807) is 6.07 Å². The monoisotopic (exact) mass is 317 g/mol. The van der Waals surface area contributed by atoms with Crippen LogP contribution in [-0.4, -0.2) is 24.4 Å². The van der Waals surface area contributed by atoms with Crippen molar-refractivity contribution in [2.24, 2.45) is 0 Å². The molecule has 1 amide bonds. The number of rotatable bonds is 6.